The Labute approximate surface area is 170 Å². The number of imidazole rings is 1. The number of anilines is 1. The number of Topliss-reactive ketones (excluding diaryl/α,β-unsaturated/α-hetero) is 1. The van der Waals surface area contributed by atoms with E-state index in [-0.39, 0.29) is 11.6 Å². The molecule has 0 radical (unpaired) electrons. The Balaban J connectivity index is 1.49. The fourth-order valence-electron chi connectivity index (χ4n) is 3.92. The van der Waals surface area contributed by atoms with Crippen LogP contribution in [0.3, 0.4) is 0 Å². The number of para-hydroxylation sites is 2. The van der Waals surface area contributed by atoms with Crippen molar-refractivity contribution in [2.45, 2.75) is 38.8 Å². The molecule has 3 aromatic rings. The third-order valence-electron chi connectivity index (χ3n) is 5.61. The van der Waals surface area contributed by atoms with Crippen LogP contribution in [0.5, 0.6) is 0 Å². The fraction of sp³-hybridized carbons (Fsp3) is 0.391. The number of halogens is 1. The molecule has 4 rings (SSSR count). The van der Waals surface area contributed by atoms with E-state index in [1.54, 1.807) is 6.92 Å². The first-order chi connectivity index (χ1) is 14.1. The van der Waals surface area contributed by atoms with Crippen LogP contribution in [0.2, 0.25) is 0 Å². The van der Waals surface area contributed by atoms with Crippen molar-refractivity contribution in [2.75, 3.05) is 25.0 Å². The first kappa shape index (κ1) is 19.6. The number of fused-ring (bicyclic) bond motifs is 1. The minimum Gasteiger partial charge on any atom is -0.353 e. The molecule has 1 N–H and O–H groups in total. The van der Waals surface area contributed by atoms with E-state index < -0.39 is 0 Å². The van der Waals surface area contributed by atoms with Crippen LogP contribution in [0.1, 0.15) is 31.7 Å². The predicted octanol–water partition coefficient (Wildman–Crippen LogP) is 4.08. The molecule has 0 unspecified atom stereocenters. The fourth-order valence-corrected chi connectivity index (χ4v) is 3.92. The standard InChI is InChI=1S/C23H27FN4O/c1-17(29)10-13-27-14-11-20(12-15-27)25-23-26-21-4-2-3-5-22(21)28(23)16-18-6-8-19(24)9-7-18/h2-9,20H,10-16H2,1H3,(H,25,26). The van der Waals surface area contributed by atoms with Gasteiger partial charge in [0.05, 0.1) is 17.6 Å². The third-order valence-corrected chi connectivity index (χ3v) is 5.61. The molecule has 6 heteroatoms. The van der Waals surface area contributed by atoms with Gasteiger partial charge in [0, 0.05) is 32.1 Å². The summed E-state index contributed by atoms with van der Waals surface area (Å²) in [5.74, 6) is 0.886. The minimum absolute atomic E-state index is 0.223. The van der Waals surface area contributed by atoms with Gasteiger partial charge in [0.15, 0.2) is 0 Å². The molecule has 152 valence electrons. The van der Waals surface area contributed by atoms with Gasteiger partial charge < -0.3 is 14.8 Å². The topological polar surface area (TPSA) is 50.2 Å². The number of benzene rings is 2. The van der Waals surface area contributed by atoms with Gasteiger partial charge in [-0.2, -0.15) is 0 Å². The van der Waals surface area contributed by atoms with Crippen molar-refractivity contribution < 1.29 is 9.18 Å². The summed E-state index contributed by atoms with van der Waals surface area (Å²) in [4.78, 5) is 18.4. The number of hydrogen-bond acceptors (Lipinski definition) is 4. The molecule has 1 saturated heterocycles. The molecule has 0 saturated carbocycles. The van der Waals surface area contributed by atoms with Gasteiger partial charge >= 0.3 is 0 Å². The highest BCUT2D eigenvalue weighted by molar-refractivity contribution is 5.78. The van der Waals surface area contributed by atoms with E-state index in [0.717, 1.165) is 55.0 Å². The lowest BCUT2D eigenvalue weighted by molar-refractivity contribution is -0.117. The van der Waals surface area contributed by atoms with Crippen LogP contribution >= 0.6 is 0 Å². The summed E-state index contributed by atoms with van der Waals surface area (Å²) >= 11 is 0. The number of carbonyl (C=O) groups excluding carboxylic acids is 1. The Kier molecular flexibility index (Phi) is 5.90. The van der Waals surface area contributed by atoms with Crippen molar-refractivity contribution in [1.29, 1.82) is 0 Å². The smallest absolute Gasteiger partial charge is 0.204 e. The molecule has 1 fully saturated rings. The SMILES string of the molecule is CC(=O)CCN1CCC(Nc2nc3ccccc3n2Cc2ccc(F)cc2)CC1. The lowest BCUT2D eigenvalue weighted by Gasteiger charge is -2.32. The predicted molar refractivity (Wildman–Crippen MR) is 114 cm³/mol. The highest BCUT2D eigenvalue weighted by atomic mass is 19.1. The normalized spacial score (nSPS) is 15.7. The van der Waals surface area contributed by atoms with Gasteiger partial charge in [0.1, 0.15) is 11.6 Å². The van der Waals surface area contributed by atoms with Crippen molar-refractivity contribution >= 4 is 22.8 Å². The number of piperidine rings is 1. The third kappa shape index (κ3) is 4.82. The number of nitrogens with one attached hydrogen (secondary N) is 1. The Morgan fingerprint density at radius 1 is 1.14 bits per heavy atom. The van der Waals surface area contributed by atoms with Crippen molar-refractivity contribution in [3.63, 3.8) is 0 Å². The van der Waals surface area contributed by atoms with Gasteiger partial charge in [-0.3, -0.25) is 4.79 Å². The second kappa shape index (κ2) is 8.74. The van der Waals surface area contributed by atoms with Gasteiger partial charge in [0.2, 0.25) is 5.95 Å². The van der Waals surface area contributed by atoms with E-state index in [1.807, 2.05) is 30.3 Å². The van der Waals surface area contributed by atoms with E-state index in [1.165, 1.54) is 12.1 Å². The van der Waals surface area contributed by atoms with Crippen LogP contribution in [0.25, 0.3) is 11.0 Å². The molecule has 29 heavy (non-hydrogen) atoms. The average molecular weight is 394 g/mol. The van der Waals surface area contributed by atoms with Crippen LogP contribution < -0.4 is 5.32 Å². The van der Waals surface area contributed by atoms with Crippen molar-refractivity contribution in [1.82, 2.24) is 14.5 Å². The lowest BCUT2D eigenvalue weighted by Crippen LogP contribution is -2.40. The number of likely N-dealkylation sites (tertiary alicyclic amines) is 1. The first-order valence-electron chi connectivity index (χ1n) is 10.3. The van der Waals surface area contributed by atoms with Gasteiger partial charge in [-0.05, 0) is 49.6 Å². The zero-order valence-electron chi connectivity index (χ0n) is 16.8. The van der Waals surface area contributed by atoms with Crippen molar-refractivity contribution in [3.8, 4) is 0 Å². The van der Waals surface area contributed by atoms with Crippen molar-refractivity contribution in [2.24, 2.45) is 0 Å². The zero-order chi connectivity index (χ0) is 20.2. The number of carbonyl (C=O) groups is 1. The second-order valence-electron chi connectivity index (χ2n) is 7.85. The van der Waals surface area contributed by atoms with Gasteiger partial charge in [-0.1, -0.05) is 24.3 Å². The molecule has 2 heterocycles. The Bertz CT molecular complexity index is 974. The van der Waals surface area contributed by atoms with E-state index in [4.69, 9.17) is 4.98 Å². The summed E-state index contributed by atoms with van der Waals surface area (Å²) in [6, 6.07) is 15.1. The van der Waals surface area contributed by atoms with E-state index in [2.05, 4.69) is 20.9 Å². The maximum Gasteiger partial charge on any atom is 0.204 e. The number of aromatic nitrogens is 2. The molecule has 0 spiro atoms. The number of rotatable bonds is 7. The molecule has 1 aromatic heterocycles. The summed E-state index contributed by atoms with van der Waals surface area (Å²) in [6.07, 6.45) is 2.68. The second-order valence-corrected chi connectivity index (χ2v) is 7.85. The molecular weight excluding hydrogens is 367 g/mol. The molecule has 0 amide bonds. The Hall–Kier alpha value is -2.73. The van der Waals surface area contributed by atoms with Crippen LogP contribution in [0.4, 0.5) is 10.3 Å². The summed E-state index contributed by atoms with van der Waals surface area (Å²) < 4.78 is 15.5. The summed E-state index contributed by atoms with van der Waals surface area (Å²) in [5.41, 5.74) is 3.06. The summed E-state index contributed by atoms with van der Waals surface area (Å²) in [7, 11) is 0. The van der Waals surface area contributed by atoms with E-state index in [9.17, 15) is 9.18 Å². The first-order valence-corrected chi connectivity index (χ1v) is 10.3. The number of ketones is 1. The number of nitrogens with zero attached hydrogens (tertiary/aromatic N) is 3. The zero-order valence-corrected chi connectivity index (χ0v) is 16.8. The van der Waals surface area contributed by atoms with Crippen molar-refractivity contribution in [3.05, 3.63) is 59.9 Å². The van der Waals surface area contributed by atoms with Gasteiger partial charge in [0.25, 0.3) is 0 Å². The maximum absolute atomic E-state index is 13.3. The largest absolute Gasteiger partial charge is 0.353 e. The molecule has 5 nitrogen and oxygen atoms in total. The summed E-state index contributed by atoms with van der Waals surface area (Å²) in [5, 5.41) is 3.64. The molecule has 0 atom stereocenters. The quantitative estimate of drug-likeness (QED) is 0.656. The van der Waals surface area contributed by atoms with E-state index >= 15 is 0 Å². The molecular formula is C23H27FN4O. The van der Waals surface area contributed by atoms with Crippen LogP contribution in [-0.4, -0.2) is 45.9 Å². The van der Waals surface area contributed by atoms with Crippen LogP contribution in [-0.2, 0) is 11.3 Å². The monoisotopic (exact) mass is 394 g/mol. The molecule has 2 aromatic carbocycles. The van der Waals surface area contributed by atoms with E-state index in [0.29, 0.717) is 19.0 Å². The highest BCUT2D eigenvalue weighted by Crippen LogP contribution is 2.24. The molecule has 0 bridgehead atoms. The molecule has 1 aliphatic rings. The number of hydrogen-bond donors (Lipinski definition) is 1. The van der Waals surface area contributed by atoms with Gasteiger partial charge in [-0.15, -0.1) is 0 Å². The summed E-state index contributed by atoms with van der Waals surface area (Å²) in [6.45, 7) is 5.12. The Morgan fingerprint density at radius 2 is 1.86 bits per heavy atom. The Morgan fingerprint density at radius 3 is 2.59 bits per heavy atom. The average Bonchev–Trinajstić information content (AvgIpc) is 3.06. The molecule has 1 aliphatic heterocycles. The van der Waals surface area contributed by atoms with Crippen LogP contribution in [0.15, 0.2) is 48.5 Å². The van der Waals surface area contributed by atoms with Crippen LogP contribution in [0, 0.1) is 5.82 Å². The highest BCUT2D eigenvalue weighted by Gasteiger charge is 2.21. The van der Waals surface area contributed by atoms with Gasteiger partial charge in [-0.25, -0.2) is 9.37 Å². The maximum atomic E-state index is 13.3. The minimum atomic E-state index is -0.223. The lowest BCUT2D eigenvalue weighted by atomic mass is 10.0. The molecule has 0 aliphatic carbocycles.